The van der Waals surface area contributed by atoms with Crippen molar-refractivity contribution < 1.29 is 14.7 Å². The molecule has 1 aromatic carbocycles. The smallest absolute Gasteiger partial charge is 0.326 e. The van der Waals surface area contributed by atoms with Crippen LogP contribution in [0.3, 0.4) is 0 Å². The number of hydrogen-bond donors (Lipinski definition) is 1. The van der Waals surface area contributed by atoms with Crippen molar-refractivity contribution in [2.75, 3.05) is 0 Å². The number of carboxylic acids is 1. The van der Waals surface area contributed by atoms with E-state index in [0.29, 0.717) is 17.7 Å². The van der Waals surface area contributed by atoms with E-state index >= 15 is 0 Å². The Bertz CT molecular complexity index is 700. The van der Waals surface area contributed by atoms with Gasteiger partial charge in [-0.25, -0.2) is 4.79 Å². The van der Waals surface area contributed by atoms with Crippen molar-refractivity contribution in [1.29, 1.82) is 0 Å². The van der Waals surface area contributed by atoms with Gasteiger partial charge in [0.05, 0.1) is 10.9 Å². The van der Waals surface area contributed by atoms with Crippen LogP contribution in [0.25, 0.3) is 0 Å². The second-order valence-electron chi connectivity index (χ2n) is 5.20. The molecule has 0 saturated carbocycles. The summed E-state index contributed by atoms with van der Waals surface area (Å²) in [6.45, 7) is 0. The molecule has 6 heteroatoms. The fourth-order valence-corrected chi connectivity index (χ4v) is 4.26. The number of rotatable bonds is 3. The monoisotopic (exact) mass is 379 g/mol. The van der Waals surface area contributed by atoms with Gasteiger partial charge in [0.2, 0.25) is 0 Å². The standard InChI is InChI=1S/C16H14BrNO3S/c17-11-8-14(22-9-11)15(19)18-12(6-7-13(18)16(20)21)10-4-2-1-3-5-10/h1-5,8-9,12-13H,6-7H2,(H,20,21)/t12?,13-/m1/s1. The van der Waals surface area contributed by atoms with E-state index in [9.17, 15) is 14.7 Å². The number of benzene rings is 1. The third-order valence-corrected chi connectivity index (χ3v) is 5.55. The molecule has 1 amide bonds. The molecule has 2 atom stereocenters. The highest BCUT2D eigenvalue weighted by Gasteiger charge is 2.42. The molecule has 0 spiro atoms. The van der Waals surface area contributed by atoms with E-state index in [2.05, 4.69) is 15.9 Å². The highest BCUT2D eigenvalue weighted by Crippen LogP contribution is 2.38. The molecule has 1 unspecified atom stereocenters. The number of carbonyl (C=O) groups is 2. The number of carboxylic acid groups (broad SMARTS) is 1. The molecule has 2 aromatic rings. The van der Waals surface area contributed by atoms with Gasteiger partial charge in [0.25, 0.3) is 5.91 Å². The summed E-state index contributed by atoms with van der Waals surface area (Å²) in [5.74, 6) is -1.16. The first-order valence-electron chi connectivity index (χ1n) is 6.92. The largest absolute Gasteiger partial charge is 0.480 e. The van der Waals surface area contributed by atoms with Crippen LogP contribution in [0.1, 0.15) is 34.1 Å². The second-order valence-corrected chi connectivity index (χ2v) is 7.03. The Morgan fingerprint density at radius 1 is 1.23 bits per heavy atom. The van der Waals surface area contributed by atoms with E-state index in [4.69, 9.17) is 0 Å². The van der Waals surface area contributed by atoms with Gasteiger partial charge in [-0.3, -0.25) is 4.79 Å². The number of nitrogens with zero attached hydrogens (tertiary/aromatic N) is 1. The van der Waals surface area contributed by atoms with E-state index in [1.165, 1.54) is 16.2 Å². The van der Waals surface area contributed by atoms with Crippen LogP contribution in [0.5, 0.6) is 0 Å². The first-order chi connectivity index (χ1) is 10.6. The molecule has 4 nitrogen and oxygen atoms in total. The first kappa shape index (κ1) is 15.2. The summed E-state index contributed by atoms with van der Waals surface area (Å²) in [4.78, 5) is 26.4. The van der Waals surface area contributed by atoms with Crippen LogP contribution in [-0.2, 0) is 4.79 Å². The molecule has 0 radical (unpaired) electrons. The van der Waals surface area contributed by atoms with Crippen LogP contribution >= 0.6 is 27.3 Å². The van der Waals surface area contributed by atoms with Crippen LogP contribution in [0.2, 0.25) is 0 Å². The van der Waals surface area contributed by atoms with Gasteiger partial charge in [-0.05, 0) is 40.4 Å². The topological polar surface area (TPSA) is 57.6 Å². The molecule has 2 heterocycles. The Balaban J connectivity index is 1.97. The van der Waals surface area contributed by atoms with Crippen molar-refractivity contribution in [3.63, 3.8) is 0 Å². The lowest BCUT2D eigenvalue weighted by atomic mass is 10.0. The second kappa shape index (κ2) is 6.22. The molecular weight excluding hydrogens is 366 g/mol. The van der Waals surface area contributed by atoms with E-state index in [-0.39, 0.29) is 11.9 Å². The molecule has 22 heavy (non-hydrogen) atoms. The highest BCUT2D eigenvalue weighted by atomic mass is 79.9. The number of amides is 1. The Morgan fingerprint density at radius 2 is 1.95 bits per heavy atom. The number of halogens is 1. The van der Waals surface area contributed by atoms with E-state index in [1.54, 1.807) is 6.07 Å². The molecule has 1 aliphatic rings. The predicted octanol–water partition coefficient (Wildman–Crippen LogP) is 3.94. The average Bonchev–Trinajstić information content (AvgIpc) is 3.13. The molecule has 1 fully saturated rings. The fraction of sp³-hybridized carbons (Fsp3) is 0.250. The van der Waals surface area contributed by atoms with E-state index < -0.39 is 12.0 Å². The van der Waals surface area contributed by atoms with Crippen LogP contribution in [0, 0.1) is 0 Å². The molecule has 1 aromatic heterocycles. The normalized spacial score (nSPS) is 21.0. The van der Waals surface area contributed by atoms with Crippen molar-refractivity contribution in [3.05, 3.63) is 56.7 Å². The molecule has 3 rings (SSSR count). The zero-order chi connectivity index (χ0) is 15.7. The van der Waals surface area contributed by atoms with Gasteiger partial charge in [0.15, 0.2) is 0 Å². The van der Waals surface area contributed by atoms with Crippen molar-refractivity contribution in [2.24, 2.45) is 0 Å². The zero-order valence-corrected chi connectivity index (χ0v) is 14.0. The van der Waals surface area contributed by atoms with Crippen LogP contribution in [-0.4, -0.2) is 27.9 Å². The summed E-state index contributed by atoms with van der Waals surface area (Å²) in [6.07, 6.45) is 1.15. The van der Waals surface area contributed by atoms with Gasteiger partial charge in [0, 0.05) is 9.85 Å². The van der Waals surface area contributed by atoms with Crippen LogP contribution in [0.4, 0.5) is 0 Å². The summed E-state index contributed by atoms with van der Waals surface area (Å²) >= 11 is 4.66. The van der Waals surface area contributed by atoms with Gasteiger partial charge in [-0.2, -0.15) is 0 Å². The Hall–Kier alpha value is -1.66. The van der Waals surface area contributed by atoms with Crippen molar-refractivity contribution in [2.45, 2.75) is 24.9 Å². The quantitative estimate of drug-likeness (QED) is 0.878. The Kier molecular flexibility index (Phi) is 4.31. The lowest BCUT2D eigenvalue weighted by Crippen LogP contribution is -2.41. The number of hydrogen-bond acceptors (Lipinski definition) is 3. The molecule has 114 valence electrons. The Labute approximate surface area is 140 Å². The third-order valence-electron chi connectivity index (χ3n) is 3.87. The van der Waals surface area contributed by atoms with E-state index in [0.717, 1.165) is 10.0 Å². The van der Waals surface area contributed by atoms with Gasteiger partial charge in [-0.1, -0.05) is 30.3 Å². The summed E-state index contributed by atoms with van der Waals surface area (Å²) in [7, 11) is 0. The molecule has 0 bridgehead atoms. The molecule has 0 aliphatic carbocycles. The minimum atomic E-state index is -0.942. The van der Waals surface area contributed by atoms with Gasteiger partial charge in [0.1, 0.15) is 6.04 Å². The Morgan fingerprint density at radius 3 is 2.55 bits per heavy atom. The van der Waals surface area contributed by atoms with Crippen molar-refractivity contribution in [3.8, 4) is 0 Å². The summed E-state index contributed by atoms with van der Waals surface area (Å²) in [5, 5.41) is 11.3. The lowest BCUT2D eigenvalue weighted by molar-refractivity contribution is -0.141. The fourth-order valence-electron chi connectivity index (χ4n) is 2.89. The van der Waals surface area contributed by atoms with Gasteiger partial charge < -0.3 is 10.0 Å². The van der Waals surface area contributed by atoms with Crippen molar-refractivity contribution >= 4 is 39.1 Å². The maximum absolute atomic E-state index is 12.8. The average molecular weight is 380 g/mol. The highest BCUT2D eigenvalue weighted by molar-refractivity contribution is 9.10. The number of carbonyl (C=O) groups excluding carboxylic acids is 1. The zero-order valence-electron chi connectivity index (χ0n) is 11.6. The number of likely N-dealkylation sites (tertiary alicyclic amines) is 1. The lowest BCUT2D eigenvalue weighted by Gasteiger charge is -2.28. The maximum atomic E-state index is 12.8. The summed E-state index contributed by atoms with van der Waals surface area (Å²) in [6, 6.07) is 10.4. The van der Waals surface area contributed by atoms with Gasteiger partial charge in [-0.15, -0.1) is 11.3 Å². The minimum absolute atomic E-state index is 0.185. The summed E-state index contributed by atoms with van der Waals surface area (Å²) in [5.41, 5.74) is 0.982. The third kappa shape index (κ3) is 2.80. The first-order valence-corrected chi connectivity index (χ1v) is 8.59. The molecular formula is C16H14BrNO3S. The van der Waals surface area contributed by atoms with Crippen LogP contribution < -0.4 is 0 Å². The SMILES string of the molecule is O=C(O)[C@H]1CCC(c2ccccc2)N1C(=O)c1cc(Br)cs1. The minimum Gasteiger partial charge on any atom is -0.480 e. The van der Waals surface area contributed by atoms with Crippen molar-refractivity contribution in [1.82, 2.24) is 4.90 Å². The molecule has 1 aliphatic heterocycles. The maximum Gasteiger partial charge on any atom is 0.326 e. The van der Waals surface area contributed by atoms with Crippen LogP contribution in [0.15, 0.2) is 46.3 Å². The number of thiophene rings is 1. The molecule has 1 saturated heterocycles. The number of aliphatic carboxylic acids is 1. The summed E-state index contributed by atoms with van der Waals surface area (Å²) < 4.78 is 0.836. The molecule has 1 N–H and O–H groups in total. The predicted molar refractivity (Wildman–Crippen MR) is 88.0 cm³/mol. The van der Waals surface area contributed by atoms with E-state index in [1.807, 2.05) is 35.7 Å². The van der Waals surface area contributed by atoms with Gasteiger partial charge >= 0.3 is 5.97 Å².